The van der Waals surface area contributed by atoms with Crippen LogP contribution in [0, 0.1) is 0 Å². The zero-order valence-electron chi connectivity index (χ0n) is 5.18. The molecule has 0 radical (unpaired) electrons. The van der Waals surface area contributed by atoms with Crippen molar-refractivity contribution in [2.24, 2.45) is 5.73 Å². The molecule has 11 heavy (non-hydrogen) atoms. The molecule has 0 aliphatic rings. The average molecular weight is 200 g/mol. The number of hydrogen-bond donors (Lipinski definition) is 1. The molecule has 70 valence electrons. The predicted molar refractivity (Wildman–Crippen MR) is 32.1 cm³/mol. The van der Waals surface area contributed by atoms with Crippen molar-refractivity contribution in [3.63, 3.8) is 0 Å². The van der Waals surface area contributed by atoms with Crippen LogP contribution >= 0.6 is 12.4 Å². The minimum atomic E-state index is -3.53. The summed E-state index contributed by atoms with van der Waals surface area (Å²) >= 11 is 0. The van der Waals surface area contributed by atoms with E-state index in [1.165, 1.54) is 0 Å². The summed E-state index contributed by atoms with van der Waals surface area (Å²) in [6, 6.07) is 0. The monoisotopic (exact) mass is 199 g/mol. The van der Waals surface area contributed by atoms with Gasteiger partial charge in [0.05, 0.1) is 0 Å². The van der Waals surface area contributed by atoms with E-state index in [4.69, 9.17) is 0 Å². The van der Waals surface area contributed by atoms with Gasteiger partial charge in [0.2, 0.25) is 0 Å². The number of rotatable bonds is 3. The highest BCUT2D eigenvalue weighted by Crippen LogP contribution is 2.15. The second-order valence-electron chi connectivity index (χ2n) is 1.67. The maximum Gasteiger partial charge on any atom is 0.272 e. The van der Waals surface area contributed by atoms with Gasteiger partial charge in [-0.3, -0.25) is 5.73 Å². The summed E-state index contributed by atoms with van der Waals surface area (Å²) in [5, 5.41) is 0. The molecule has 3 atom stereocenters. The van der Waals surface area contributed by atoms with E-state index in [0.717, 1.165) is 0 Å². The Morgan fingerprint density at radius 3 is 1.27 bits per heavy atom. The van der Waals surface area contributed by atoms with E-state index in [0.29, 0.717) is 0 Å². The van der Waals surface area contributed by atoms with Crippen LogP contribution in [0.4, 0.5) is 22.0 Å². The molecule has 0 spiro atoms. The molecule has 0 bridgehead atoms. The van der Waals surface area contributed by atoms with Gasteiger partial charge >= 0.3 is 0 Å². The van der Waals surface area contributed by atoms with Gasteiger partial charge in [-0.2, -0.15) is 0 Å². The molecular formula is C4H7ClF5N. The van der Waals surface area contributed by atoms with Crippen LogP contribution in [-0.2, 0) is 0 Å². The summed E-state index contributed by atoms with van der Waals surface area (Å²) < 4.78 is 57.5. The standard InChI is InChI=1S/C4H6F5N.ClH/c5-1(3(7)8)2(6)4(9)10;/h1-4H,10H2;1H. The van der Waals surface area contributed by atoms with Crippen molar-refractivity contribution in [2.45, 2.75) is 25.1 Å². The molecule has 7 heteroatoms. The number of alkyl halides is 5. The summed E-state index contributed by atoms with van der Waals surface area (Å²) in [4.78, 5) is 0. The van der Waals surface area contributed by atoms with Crippen LogP contribution < -0.4 is 5.73 Å². The van der Waals surface area contributed by atoms with E-state index in [1.807, 2.05) is 0 Å². The van der Waals surface area contributed by atoms with Crippen LogP contribution in [0.2, 0.25) is 0 Å². The van der Waals surface area contributed by atoms with Gasteiger partial charge in [-0.05, 0) is 0 Å². The first kappa shape index (κ1) is 13.5. The Balaban J connectivity index is 0. The highest BCUT2D eigenvalue weighted by molar-refractivity contribution is 5.85. The van der Waals surface area contributed by atoms with E-state index in [9.17, 15) is 22.0 Å². The maximum absolute atomic E-state index is 11.8. The average Bonchev–Trinajstić information content (AvgIpc) is 1.84. The first-order valence-corrected chi connectivity index (χ1v) is 2.42. The fourth-order valence-electron chi connectivity index (χ4n) is 0.315. The van der Waals surface area contributed by atoms with Gasteiger partial charge in [-0.15, -0.1) is 12.4 Å². The zero-order chi connectivity index (χ0) is 8.31. The Bertz CT molecular complexity index is 88.5. The molecule has 0 saturated heterocycles. The molecular weight excluding hydrogens is 192 g/mol. The van der Waals surface area contributed by atoms with Gasteiger partial charge in [-0.25, -0.2) is 22.0 Å². The molecule has 0 aliphatic carbocycles. The van der Waals surface area contributed by atoms with Gasteiger partial charge in [0.1, 0.15) is 0 Å². The molecule has 1 nitrogen and oxygen atoms in total. The van der Waals surface area contributed by atoms with E-state index >= 15 is 0 Å². The van der Waals surface area contributed by atoms with Crippen LogP contribution in [0.15, 0.2) is 0 Å². The zero-order valence-corrected chi connectivity index (χ0v) is 6.00. The number of hydrogen-bond acceptors (Lipinski definition) is 1. The summed E-state index contributed by atoms with van der Waals surface area (Å²) in [5.74, 6) is 0. The van der Waals surface area contributed by atoms with Gasteiger partial charge < -0.3 is 0 Å². The van der Waals surface area contributed by atoms with Crippen molar-refractivity contribution in [3.8, 4) is 0 Å². The predicted octanol–water partition coefficient (Wildman–Crippen LogP) is 1.60. The van der Waals surface area contributed by atoms with E-state index < -0.39 is 25.1 Å². The maximum atomic E-state index is 11.8. The SMILES string of the molecule is Cl.NC(F)C(F)C(F)C(F)F. The van der Waals surface area contributed by atoms with Crippen LogP contribution in [0.1, 0.15) is 0 Å². The fourth-order valence-corrected chi connectivity index (χ4v) is 0.315. The summed E-state index contributed by atoms with van der Waals surface area (Å²) in [7, 11) is 0. The van der Waals surface area contributed by atoms with Crippen molar-refractivity contribution in [1.29, 1.82) is 0 Å². The Hall–Kier alpha value is -0.100. The van der Waals surface area contributed by atoms with Crippen molar-refractivity contribution in [2.75, 3.05) is 0 Å². The first-order valence-electron chi connectivity index (χ1n) is 2.42. The van der Waals surface area contributed by atoms with Crippen molar-refractivity contribution in [1.82, 2.24) is 0 Å². The topological polar surface area (TPSA) is 26.0 Å². The van der Waals surface area contributed by atoms with Crippen molar-refractivity contribution in [3.05, 3.63) is 0 Å². The normalized spacial score (nSPS) is 18.8. The quantitative estimate of drug-likeness (QED) is 0.542. The second-order valence-corrected chi connectivity index (χ2v) is 1.67. The van der Waals surface area contributed by atoms with Crippen LogP contribution in [0.5, 0.6) is 0 Å². The molecule has 0 rings (SSSR count). The molecule has 0 heterocycles. The second kappa shape index (κ2) is 5.54. The lowest BCUT2D eigenvalue weighted by molar-refractivity contribution is -0.0217. The van der Waals surface area contributed by atoms with Gasteiger partial charge in [0.25, 0.3) is 6.43 Å². The first-order chi connectivity index (χ1) is 4.46. The van der Waals surface area contributed by atoms with Crippen LogP contribution in [-0.4, -0.2) is 25.1 Å². The summed E-state index contributed by atoms with van der Waals surface area (Å²) in [5.41, 5.74) is 4.16. The number of halogens is 6. The lowest BCUT2D eigenvalue weighted by atomic mass is 10.2. The molecule has 0 aromatic rings. The van der Waals surface area contributed by atoms with Gasteiger partial charge in [-0.1, -0.05) is 0 Å². The highest BCUT2D eigenvalue weighted by Gasteiger charge is 2.34. The molecule has 2 N–H and O–H groups in total. The van der Waals surface area contributed by atoms with E-state index in [1.54, 1.807) is 0 Å². The molecule has 3 unspecified atom stereocenters. The number of nitrogens with two attached hydrogens (primary N) is 1. The van der Waals surface area contributed by atoms with Crippen LogP contribution in [0.25, 0.3) is 0 Å². The minimum Gasteiger partial charge on any atom is -0.299 e. The third kappa shape index (κ3) is 4.36. The molecule has 0 aromatic heterocycles. The fraction of sp³-hybridized carbons (Fsp3) is 1.00. The largest absolute Gasteiger partial charge is 0.299 e. The Morgan fingerprint density at radius 2 is 1.18 bits per heavy atom. The lowest BCUT2D eigenvalue weighted by Gasteiger charge is -2.12. The van der Waals surface area contributed by atoms with Crippen molar-refractivity contribution < 1.29 is 22.0 Å². The Labute approximate surface area is 66.2 Å². The van der Waals surface area contributed by atoms with Crippen LogP contribution in [0.3, 0.4) is 0 Å². The Morgan fingerprint density at radius 1 is 0.818 bits per heavy atom. The summed E-state index contributed by atoms with van der Waals surface area (Å²) in [6.07, 6.45) is -12.3. The molecule has 0 aromatic carbocycles. The minimum absolute atomic E-state index is 0. The molecule has 0 saturated carbocycles. The third-order valence-corrected chi connectivity index (χ3v) is 0.849. The van der Waals surface area contributed by atoms with E-state index in [2.05, 4.69) is 5.73 Å². The molecule has 0 aliphatic heterocycles. The third-order valence-electron chi connectivity index (χ3n) is 0.849. The molecule has 0 fully saturated rings. The van der Waals surface area contributed by atoms with Gasteiger partial charge in [0.15, 0.2) is 18.6 Å². The highest BCUT2D eigenvalue weighted by atomic mass is 35.5. The lowest BCUT2D eigenvalue weighted by Crippen LogP contribution is -2.38. The summed E-state index contributed by atoms with van der Waals surface area (Å²) in [6.45, 7) is 0. The van der Waals surface area contributed by atoms with Crippen molar-refractivity contribution >= 4 is 12.4 Å². The van der Waals surface area contributed by atoms with Gasteiger partial charge in [0, 0.05) is 0 Å². The smallest absolute Gasteiger partial charge is 0.272 e. The Kier molecular flexibility index (Phi) is 6.79. The molecule has 0 amide bonds. The van der Waals surface area contributed by atoms with E-state index in [-0.39, 0.29) is 12.4 Å².